The van der Waals surface area contributed by atoms with Gasteiger partial charge in [0.1, 0.15) is 5.01 Å². The van der Waals surface area contributed by atoms with Gasteiger partial charge in [-0.05, 0) is 12.8 Å². The highest BCUT2D eigenvalue weighted by molar-refractivity contribution is 7.09. The molecule has 1 saturated carbocycles. The Bertz CT molecular complexity index is 418. The van der Waals surface area contributed by atoms with Crippen LogP contribution in [0.5, 0.6) is 0 Å². The third kappa shape index (κ3) is 2.63. The van der Waals surface area contributed by atoms with Crippen molar-refractivity contribution in [2.45, 2.75) is 25.8 Å². The average molecular weight is 254 g/mol. The number of carboxylic acids is 1. The molecule has 0 aromatic carbocycles. The summed E-state index contributed by atoms with van der Waals surface area (Å²) in [6.07, 6.45) is 2.91. The van der Waals surface area contributed by atoms with E-state index in [0.717, 1.165) is 11.4 Å². The Morgan fingerprint density at radius 1 is 1.65 bits per heavy atom. The minimum absolute atomic E-state index is 0.0995. The van der Waals surface area contributed by atoms with Crippen LogP contribution in [0.2, 0.25) is 0 Å². The third-order valence-electron chi connectivity index (χ3n) is 2.92. The molecule has 5 nitrogen and oxygen atoms in total. The second-order valence-electron chi connectivity index (χ2n) is 4.13. The van der Waals surface area contributed by atoms with E-state index in [4.69, 9.17) is 5.11 Å². The van der Waals surface area contributed by atoms with Crippen molar-refractivity contribution in [1.82, 2.24) is 10.3 Å². The lowest BCUT2D eigenvalue weighted by Gasteiger charge is -2.14. The molecule has 3 atom stereocenters. The van der Waals surface area contributed by atoms with Gasteiger partial charge in [-0.3, -0.25) is 9.59 Å². The Labute approximate surface area is 103 Å². The van der Waals surface area contributed by atoms with Gasteiger partial charge in [-0.2, -0.15) is 0 Å². The van der Waals surface area contributed by atoms with Gasteiger partial charge in [-0.25, -0.2) is 4.98 Å². The maximum Gasteiger partial charge on any atom is 0.307 e. The Kier molecular flexibility index (Phi) is 3.42. The van der Waals surface area contributed by atoms with Crippen LogP contribution >= 0.6 is 11.3 Å². The minimum atomic E-state index is -0.882. The first kappa shape index (κ1) is 12.0. The molecule has 1 aromatic heterocycles. The molecule has 0 radical (unpaired) electrons. The first-order valence-corrected chi connectivity index (χ1v) is 6.44. The smallest absolute Gasteiger partial charge is 0.307 e. The summed E-state index contributed by atoms with van der Waals surface area (Å²) in [7, 11) is 0. The van der Waals surface area contributed by atoms with Gasteiger partial charge >= 0.3 is 5.97 Å². The van der Waals surface area contributed by atoms with Crippen molar-refractivity contribution in [3.8, 4) is 0 Å². The van der Waals surface area contributed by atoms with Gasteiger partial charge in [0.05, 0.1) is 17.9 Å². The van der Waals surface area contributed by atoms with Crippen molar-refractivity contribution in [2.75, 3.05) is 0 Å². The van der Waals surface area contributed by atoms with Crippen molar-refractivity contribution in [1.29, 1.82) is 0 Å². The molecule has 1 fully saturated rings. The maximum absolute atomic E-state index is 11.8. The van der Waals surface area contributed by atoms with Gasteiger partial charge in [-0.15, -0.1) is 11.3 Å². The van der Waals surface area contributed by atoms with E-state index in [1.54, 1.807) is 6.20 Å². The van der Waals surface area contributed by atoms with E-state index < -0.39 is 11.9 Å². The Morgan fingerprint density at radius 3 is 2.88 bits per heavy atom. The van der Waals surface area contributed by atoms with E-state index >= 15 is 0 Å². The predicted molar refractivity (Wildman–Crippen MR) is 62.5 cm³/mol. The lowest BCUT2D eigenvalue weighted by molar-refractivity contribution is -0.140. The summed E-state index contributed by atoms with van der Waals surface area (Å²) in [6.45, 7) is 1.97. The van der Waals surface area contributed by atoms with Crippen LogP contribution in [0.4, 0.5) is 0 Å². The van der Waals surface area contributed by atoms with Crippen LogP contribution in [-0.2, 0) is 9.59 Å². The van der Waals surface area contributed by atoms with Crippen molar-refractivity contribution in [3.05, 3.63) is 16.6 Å². The molecule has 1 heterocycles. The fourth-order valence-corrected chi connectivity index (χ4v) is 2.55. The first-order valence-electron chi connectivity index (χ1n) is 5.56. The largest absolute Gasteiger partial charge is 0.481 e. The van der Waals surface area contributed by atoms with E-state index in [9.17, 15) is 9.59 Å². The summed E-state index contributed by atoms with van der Waals surface area (Å²) in [5.74, 6) is -1.91. The van der Waals surface area contributed by atoms with Gasteiger partial charge < -0.3 is 10.4 Å². The quantitative estimate of drug-likeness (QED) is 0.833. The van der Waals surface area contributed by atoms with Crippen molar-refractivity contribution >= 4 is 23.2 Å². The maximum atomic E-state index is 11.8. The summed E-state index contributed by atoms with van der Waals surface area (Å²) in [6, 6.07) is -0.0995. The Hall–Kier alpha value is -1.43. The van der Waals surface area contributed by atoms with E-state index in [-0.39, 0.29) is 17.9 Å². The van der Waals surface area contributed by atoms with Gasteiger partial charge in [0.15, 0.2) is 0 Å². The van der Waals surface area contributed by atoms with Crippen LogP contribution < -0.4 is 5.32 Å². The molecular weight excluding hydrogens is 240 g/mol. The number of rotatable bonds is 5. The number of nitrogens with one attached hydrogen (secondary N) is 1. The standard InChI is InChI=1S/C11H14N2O3S/c1-2-8(10-12-3-4-17-10)13-9(14)6-5-7(6)11(15)16/h3-4,6-8H,2,5H2,1H3,(H,13,14)(H,15,16). The molecule has 0 saturated heterocycles. The van der Waals surface area contributed by atoms with Crippen LogP contribution in [0, 0.1) is 11.8 Å². The molecule has 0 aliphatic heterocycles. The van der Waals surface area contributed by atoms with Crippen molar-refractivity contribution < 1.29 is 14.7 Å². The van der Waals surface area contributed by atoms with Crippen LogP contribution in [0.1, 0.15) is 30.8 Å². The Morgan fingerprint density at radius 2 is 2.41 bits per heavy atom. The molecule has 1 aliphatic carbocycles. The lowest BCUT2D eigenvalue weighted by atomic mass is 10.2. The summed E-state index contributed by atoms with van der Waals surface area (Å²) < 4.78 is 0. The summed E-state index contributed by atoms with van der Waals surface area (Å²) in [5, 5.41) is 14.4. The highest BCUT2D eigenvalue weighted by Gasteiger charge is 2.48. The van der Waals surface area contributed by atoms with Crippen LogP contribution in [-0.4, -0.2) is 22.0 Å². The number of nitrogens with zero attached hydrogens (tertiary/aromatic N) is 1. The molecule has 2 rings (SSSR count). The lowest BCUT2D eigenvalue weighted by Crippen LogP contribution is -2.30. The number of thiazole rings is 1. The fourth-order valence-electron chi connectivity index (χ4n) is 1.78. The zero-order chi connectivity index (χ0) is 12.4. The summed E-state index contributed by atoms with van der Waals surface area (Å²) >= 11 is 1.49. The van der Waals surface area contributed by atoms with E-state index in [0.29, 0.717) is 6.42 Å². The number of carboxylic acid groups (broad SMARTS) is 1. The normalized spacial score (nSPS) is 24.1. The highest BCUT2D eigenvalue weighted by Crippen LogP contribution is 2.39. The number of aromatic nitrogens is 1. The fraction of sp³-hybridized carbons (Fsp3) is 0.545. The monoisotopic (exact) mass is 254 g/mol. The minimum Gasteiger partial charge on any atom is -0.481 e. The van der Waals surface area contributed by atoms with Crippen LogP contribution in [0.15, 0.2) is 11.6 Å². The van der Waals surface area contributed by atoms with Crippen molar-refractivity contribution in [2.24, 2.45) is 11.8 Å². The third-order valence-corrected chi connectivity index (χ3v) is 3.81. The van der Waals surface area contributed by atoms with E-state index in [1.807, 2.05) is 12.3 Å². The molecule has 17 heavy (non-hydrogen) atoms. The molecule has 92 valence electrons. The number of hydrogen-bond donors (Lipinski definition) is 2. The highest BCUT2D eigenvalue weighted by atomic mass is 32.1. The second-order valence-corrected chi connectivity index (χ2v) is 5.05. The van der Waals surface area contributed by atoms with Crippen molar-refractivity contribution in [3.63, 3.8) is 0 Å². The molecule has 3 unspecified atom stereocenters. The molecular formula is C11H14N2O3S. The van der Waals surface area contributed by atoms with Gasteiger partial charge in [0.2, 0.25) is 5.91 Å². The number of carbonyl (C=O) groups is 2. The summed E-state index contributed by atoms with van der Waals surface area (Å²) in [4.78, 5) is 26.6. The number of aliphatic carboxylic acids is 1. The van der Waals surface area contributed by atoms with Crippen LogP contribution in [0.25, 0.3) is 0 Å². The zero-order valence-corrected chi connectivity index (χ0v) is 10.2. The second kappa shape index (κ2) is 4.83. The SMILES string of the molecule is CCC(NC(=O)C1CC1C(=O)O)c1nccs1. The average Bonchev–Trinajstić information content (AvgIpc) is 2.94. The van der Waals surface area contributed by atoms with Gasteiger partial charge in [0.25, 0.3) is 0 Å². The molecule has 0 spiro atoms. The molecule has 1 aromatic rings. The number of hydrogen-bond acceptors (Lipinski definition) is 4. The molecule has 0 bridgehead atoms. The van der Waals surface area contributed by atoms with Crippen LogP contribution in [0.3, 0.4) is 0 Å². The van der Waals surface area contributed by atoms with E-state index in [2.05, 4.69) is 10.3 Å². The zero-order valence-electron chi connectivity index (χ0n) is 9.42. The van der Waals surface area contributed by atoms with E-state index in [1.165, 1.54) is 11.3 Å². The number of amides is 1. The molecule has 6 heteroatoms. The number of carbonyl (C=O) groups excluding carboxylic acids is 1. The van der Waals surface area contributed by atoms with Gasteiger partial charge in [0, 0.05) is 11.6 Å². The summed E-state index contributed by atoms with van der Waals surface area (Å²) in [5.41, 5.74) is 0. The molecule has 1 aliphatic rings. The molecule has 1 amide bonds. The van der Waals surface area contributed by atoms with Gasteiger partial charge in [-0.1, -0.05) is 6.92 Å². The first-order chi connectivity index (χ1) is 8.13. The Balaban J connectivity index is 1.92. The predicted octanol–water partition coefficient (Wildman–Crippen LogP) is 1.43. The topological polar surface area (TPSA) is 79.3 Å². The molecule has 2 N–H and O–H groups in total.